The van der Waals surface area contributed by atoms with E-state index in [0.29, 0.717) is 0 Å². The number of nitrogens with zero attached hydrogens (tertiary/aromatic N) is 3. The van der Waals surface area contributed by atoms with Gasteiger partial charge < -0.3 is 13.7 Å². The third-order valence-corrected chi connectivity index (χ3v) is 9.41. The van der Waals surface area contributed by atoms with E-state index in [1.54, 1.807) is 0 Å². The van der Waals surface area contributed by atoms with Crippen LogP contribution in [0.1, 0.15) is 0 Å². The maximum atomic E-state index is 2.49. The Bertz CT molecular complexity index is 2740. The van der Waals surface area contributed by atoms with Crippen molar-refractivity contribution in [2.24, 2.45) is 0 Å². The first kappa shape index (κ1) is 24.4. The first-order valence-corrected chi connectivity index (χ1v) is 15.5. The summed E-state index contributed by atoms with van der Waals surface area (Å²) >= 11 is 0. The van der Waals surface area contributed by atoms with E-state index in [1.165, 1.54) is 76.8 Å². The Morgan fingerprint density at radius 2 is 0.711 bits per heavy atom. The number of hydrogen-bond donors (Lipinski definition) is 0. The maximum absolute atomic E-state index is 2.49. The van der Waals surface area contributed by atoms with Crippen molar-refractivity contribution in [3.8, 4) is 17.1 Å². The minimum Gasteiger partial charge on any atom is -0.309 e. The molecule has 3 nitrogen and oxygen atoms in total. The van der Waals surface area contributed by atoms with E-state index < -0.39 is 0 Å². The second kappa shape index (κ2) is 9.22. The van der Waals surface area contributed by atoms with E-state index in [1.807, 2.05) is 0 Å². The molecule has 0 unspecified atom stereocenters. The zero-order chi connectivity index (χ0) is 29.5. The van der Waals surface area contributed by atoms with Gasteiger partial charge in [-0.3, -0.25) is 0 Å². The van der Waals surface area contributed by atoms with Crippen LogP contribution < -0.4 is 0 Å². The number of para-hydroxylation sites is 6. The predicted molar refractivity (Wildman–Crippen MR) is 189 cm³/mol. The smallest absolute Gasteiger partial charge is 0.0782 e. The van der Waals surface area contributed by atoms with Gasteiger partial charge in [0.05, 0.1) is 38.8 Å². The van der Waals surface area contributed by atoms with Gasteiger partial charge in [0.2, 0.25) is 0 Å². The predicted octanol–water partition coefficient (Wildman–Crippen LogP) is 11.0. The summed E-state index contributed by atoms with van der Waals surface area (Å²) in [4.78, 5) is 0. The van der Waals surface area contributed by atoms with E-state index in [4.69, 9.17) is 0 Å². The molecule has 45 heavy (non-hydrogen) atoms. The molecule has 0 amide bonds. The lowest BCUT2D eigenvalue weighted by Gasteiger charge is -2.14. The summed E-state index contributed by atoms with van der Waals surface area (Å²) in [5, 5.41) is 7.60. The van der Waals surface area contributed by atoms with Gasteiger partial charge in [0.25, 0.3) is 0 Å². The standard InChI is InChI=1S/C42H27N3/c1-3-14-28(15-4-1)43-35-23-11-8-19-32(35)40-37(43)26-27-38-41(40)33-20-9-12-24-36(33)45(38)39-25-13-21-31-30-18-7-10-22-34(30)44(42(31)39)29-16-5-2-6-17-29/h1-27H. The van der Waals surface area contributed by atoms with Gasteiger partial charge in [-0.25, -0.2) is 0 Å². The summed E-state index contributed by atoms with van der Waals surface area (Å²) in [6.07, 6.45) is 0. The van der Waals surface area contributed by atoms with E-state index in [9.17, 15) is 0 Å². The normalized spacial score (nSPS) is 12.0. The van der Waals surface area contributed by atoms with Gasteiger partial charge in [-0.2, -0.15) is 0 Å². The topological polar surface area (TPSA) is 14.8 Å². The molecule has 0 aliphatic heterocycles. The zero-order valence-electron chi connectivity index (χ0n) is 24.4. The molecule has 0 saturated heterocycles. The minimum atomic E-state index is 1.16. The lowest BCUT2D eigenvalue weighted by molar-refractivity contribution is 1.13. The quantitative estimate of drug-likeness (QED) is 0.200. The highest BCUT2D eigenvalue weighted by atomic mass is 15.1. The molecule has 3 aromatic heterocycles. The second-order valence-corrected chi connectivity index (χ2v) is 11.8. The molecule has 0 radical (unpaired) electrons. The summed E-state index contributed by atoms with van der Waals surface area (Å²) in [6, 6.07) is 59.3. The van der Waals surface area contributed by atoms with Crippen molar-refractivity contribution in [3.63, 3.8) is 0 Å². The van der Waals surface area contributed by atoms with Crippen molar-refractivity contribution in [1.29, 1.82) is 0 Å². The molecule has 0 spiro atoms. The van der Waals surface area contributed by atoms with Crippen LogP contribution in [0.3, 0.4) is 0 Å². The molecule has 210 valence electrons. The Morgan fingerprint density at radius 3 is 1.33 bits per heavy atom. The fraction of sp³-hybridized carbons (Fsp3) is 0. The molecule has 0 fully saturated rings. The SMILES string of the molecule is c1ccc(-n2c3ccccc3c3c4c5ccccc5n(-c5cccc6c7ccccc7n(-c7ccccc7)c56)c4ccc32)cc1. The highest BCUT2D eigenvalue weighted by molar-refractivity contribution is 6.29. The van der Waals surface area contributed by atoms with Crippen molar-refractivity contribution in [1.82, 2.24) is 13.7 Å². The van der Waals surface area contributed by atoms with Gasteiger partial charge in [0.1, 0.15) is 0 Å². The Hall–Kier alpha value is -6.06. The monoisotopic (exact) mass is 573 g/mol. The van der Waals surface area contributed by atoms with Gasteiger partial charge in [-0.05, 0) is 60.7 Å². The summed E-state index contributed by atoms with van der Waals surface area (Å²) < 4.78 is 7.32. The van der Waals surface area contributed by atoms with Crippen LogP contribution in [-0.2, 0) is 0 Å². The highest BCUT2D eigenvalue weighted by Crippen LogP contribution is 2.44. The van der Waals surface area contributed by atoms with Crippen molar-refractivity contribution in [2.45, 2.75) is 0 Å². The van der Waals surface area contributed by atoms with Crippen LogP contribution in [-0.4, -0.2) is 13.7 Å². The molecule has 0 saturated carbocycles. The third-order valence-electron chi connectivity index (χ3n) is 9.41. The van der Waals surface area contributed by atoms with E-state index in [0.717, 1.165) is 5.69 Å². The van der Waals surface area contributed by atoms with E-state index >= 15 is 0 Å². The maximum Gasteiger partial charge on any atom is 0.0782 e. The fourth-order valence-electron chi connectivity index (χ4n) is 7.66. The van der Waals surface area contributed by atoms with E-state index in [2.05, 4.69) is 177 Å². The van der Waals surface area contributed by atoms with E-state index in [-0.39, 0.29) is 0 Å². The molecular weight excluding hydrogens is 546 g/mol. The van der Waals surface area contributed by atoms with Crippen molar-refractivity contribution in [3.05, 3.63) is 164 Å². The molecule has 0 aliphatic rings. The van der Waals surface area contributed by atoms with Crippen molar-refractivity contribution >= 4 is 65.4 Å². The van der Waals surface area contributed by atoms with Crippen molar-refractivity contribution < 1.29 is 0 Å². The summed E-state index contributed by atoms with van der Waals surface area (Å²) in [6.45, 7) is 0. The minimum absolute atomic E-state index is 1.16. The summed E-state index contributed by atoms with van der Waals surface area (Å²) in [5.74, 6) is 0. The third kappa shape index (κ3) is 3.30. The zero-order valence-corrected chi connectivity index (χ0v) is 24.4. The average Bonchev–Trinajstić information content (AvgIpc) is 3.75. The second-order valence-electron chi connectivity index (χ2n) is 11.8. The summed E-state index contributed by atoms with van der Waals surface area (Å²) in [7, 11) is 0. The number of aromatic nitrogens is 3. The average molecular weight is 574 g/mol. The molecule has 10 aromatic rings. The fourth-order valence-corrected chi connectivity index (χ4v) is 7.66. The van der Waals surface area contributed by atoms with Crippen molar-refractivity contribution in [2.75, 3.05) is 0 Å². The van der Waals surface area contributed by atoms with Gasteiger partial charge in [0, 0.05) is 43.7 Å². The number of fused-ring (bicyclic) bond motifs is 10. The highest BCUT2D eigenvalue weighted by Gasteiger charge is 2.23. The Morgan fingerprint density at radius 1 is 0.267 bits per heavy atom. The van der Waals surface area contributed by atoms with Crippen LogP contribution in [0.2, 0.25) is 0 Å². The van der Waals surface area contributed by atoms with Gasteiger partial charge in [-0.15, -0.1) is 0 Å². The molecular formula is C42H27N3. The Labute approximate surface area is 259 Å². The number of rotatable bonds is 3. The summed E-state index contributed by atoms with van der Waals surface area (Å²) in [5.41, 5.74) is 10.8. The van der Waals surface area contributed by atoms with Gasteiger partial charge in [0.15, 0.2) is 0 Å². The van der Waals surface area contributed by atoms with Crippen LogP contribution in [0.25, 0.3) is 82.5 Å². The first-order chi connectivity index (χ1) is 22.4. The molecule has 7 aromatic carbocycles. The van der Waals surface area contributed by atoms with Crippen LogP contribution in [0.5, 0.6) is 0 Å². The first-order valence-electron chi connectivity index (χ1n) is 15.5. The molecule has 3 heteroatoms. The molecule has 0 bridgehead atoms. The van der Waals surface area contributed by atoms with Crippen LogP contribution in [0, 0.1) is 0 Å². The number of benzene rings is 7. The molecule has 3 heterocycles. The van der Waals surface area contributed by atoms with Gasteiger partial charge >= 0.3 is 0 Å². The number of hydrogen-bond acceptors (Lipinski definition) is 0. The van der Waals surface area contributed by atoms with Crippen LogP contribution >= 0.6 is 0 Å². The lowest BCUT2D eigenvalue weighted by Crippen LogP contribution is -2.00. The largest absolute Gasteiger partial charge is 0.309 e. The van der Waals surface area contributed by atoms with Crippen LogP contribution in [0.4, 0.5) is 0 Å². The Kier molecular flexibility index (Phi) is 5.00. The lowest BCUT2D eigenvalue weighted by atomic mass is 10.1. The Balaban J connectivity index is 1.41. The van der Waals surface area contributed by atoms with Gasteiger partial charge in [-0.1, -0.05) is 103 Å². The molecule has 10 rings (SSSR count). The molecule has 0 atom stereocenters. The molecule has 0 aliphatic carbocycles. The molecule has 0 N–H and O–H groups in total. The van der Waals surface area contributed by atoms with Crippen LogP contribution in [0.15, 0.2) is 164 Å².